The molecule has 0 aromatic heterocycles. The summed E-state index contributed by atoms with van der Waals surface area (Å²) >= 11 is 0. The number of hydrogen-bond donors (Lipinski definition) is 2. The van der Waals surface area contributed by atoms with Gasteiger partial charge in [-0.1, -0.05) is 41.7 Å². The lowest BCUT2D eigenvalue weighted by atomic mass is 9.97. The van der Waals surface area contributed by atoms with Crippen molar-refractivity contribution in [2.24, 2.45) is 0 Å². The standard InChI is InChI=1S/C19H25N3O4S/c1-4-15(16-8-6-5-7-9-16)14-20-19(23)21-17-10-12-18(13-11-17)27(24,25)22(2)26-3/h5-13,15H,4,14H2,1-3H3,(H2,20,21,23). The maximum Gasteiger partial charge on any atom is 0.319 e. The Kier molecular flexibility index (Phi) is 7.35. The molecule has 0 saturated carbocycles. The number of nitrogens with zero attached hydrogens (tertiary/aromatic N) is 1. The van der Waals surface area contributed by atoms with Crippen LogP contribution in [0.1, 0.15) is 24.8 Å². The number of rotatable bonds is 8. The van der Waals surface area contributed by atoms with Crippen molar-refractivity contribution in [3.05, 3.63) is 60.2 Å². The first-order chi connectivity index (χ1) is 12.9. The van der Waals surface area contributed by atoms with E-state index in [1.165, 1.54) is 44.0 Å². The Labute approximate surface area is 160 Å². The molecule has 0 heterocycles. The molecule has 8 heteroatoms. The first-order valence-electron chi connectivity index (χ1n) is 8.61. The number of carbonyl (C=O) groups is 1. The van der Waals surface area contributed by atoms with Crippen molar-refractivity contribution < 1.29 is 18.0 Å². The number of urea groups is 1. The first kappa shape index (κ1) is 20.9. The Morgan fingerprint density at radius 3 is 2.30 bits per heavy atom. The zero-order chi connectivity index (χ0) is 19.9. The molecule has 0 radical (unpaired) electrons. The Bertz CT molecular complexity index is 839. The maximum absolute atomic E-state index is 12.1. The largest absolute Gasteiger partial charge is 0.337 e. The van der Waals surface area contributed by atoms with Gasteiger partial charge in [0.25, 0.3) is 10.0 Å². The molecule has 1 unspecified atom stereocenters. The third kappa shape index (κ3) is 5.53. The fraction of sp³-hybridized carbons (Fsp3) is 0.316. The highest BCUT2D eigenvalue weighted by molar-refractivity contribution is 7.89. The van der Waals surface area contributed by atoms with Crippen LogP contribution < -0.4 is 10.6 Å². The normalized spacial score (nSPS) is 12.6. The Balaban J connectivity index is 1.94. The summed E-state index contributed by atoms with van der Waals surface area (Å²) in [6.45, 7) is 2.59. The van der Waals surface area contributed by atoms with Crippen molar-refractivity contribution >= 4 is 21.7 Å². The molecule has 2 aromatic carbocycles. The van der Waals surface area contributed by atoms with Gasteiger partial charge in [-0.15, -0.1) is 0 Å². The van der Waals surface area contributed by atoms with Crippen molar-refractivity contribution in [2.45, 2.75) is 24.2 Å². The fourth-order valence-electron chi connectivity index (χ4n) is 2.57. The molecule has 1 atom stereocenters. The second-order valence-corrected chi connectivity index (χ2v) is 7.91. The quantitative estimate of drug-likeness (QED) is 0.677. The topological polar surface area (TPSA) is 87.7 Å². The van der Waals surface area contributed by atoms with Gasteiger partial charge in [-0.2, -0.15) is 0 Å². The van der Waals surface area contributed by atoms with E-state index < -0.39 is 10.0 Å². The third-order valence-electron chi connectivity index (χ3n) is 4.28. The summed E-state index contributed by atoms with van der Waals surface area (Å²) in [5.41, 5.74) is 1.68. The average molecular weight is 391 g/mol. The lowest BCUT2D eigenvalue weighted by Crippen LogP contribution is -2.32. The van der Waals surface area contributed by atoms with Gasteiger partial charge in [0, 0.05) is 25.2 Å². The molecular formula is C19H25N3O4S. The molecule has 27 heavy (non-hydrogen) atoms. The summed E-state index contributed by atoms with van der Waals surface area (Å²) in [4.78, 5) is 16.9. The Hall–Kier alpha value is -2.42. The molecule has 0 aliphatic rings. The molecule has 0 bridgehead atoms. The number of anilines is 1. The number of sulfonamides is 1. The molecular weight excluding hydrogens is 366 g/mol. The van der Waals surface area contributed by atoms with Gasteiger partial charge in [0.1, 0.15) is 0 Å². The van der Waals surface area contributed by atoms with E-state index in [1.807, 2.05) is 30.3 Å². The molecule has 0 spiro atoms. The van der Waals surface area contributed by atoms with Crippen LogP contribution in [0.4, 0.5) is 10.5 Å². The van der Waals surface area contributed by atoms with Crippen molar-refractivity contribution in [3.8, 4) is 0 Å². The molecule has 2 aromatic rings. The van der Waals surface area contributed by atoms with Crippen LogP contribution in [0.15, 0.2) is 59.5 Å². The molecule has 2 amide bonds. The van der Waals surface area contributed by atoms with Crippen LogP contribution in [-0.2, 0) is 14.9 Å². The lowest BCUT2D eigenvalue weighted by molar-refractivity contribution is -0.0258. The monoisotopic (exact) mass is 391 g/mol. The van der Waals surface area contributed by atoms with E-state index >= 15 is 0 Å². The minimum Gasteiger partial charge on any atom is -0.337 e. The van der Waals surface area contributed by atoms with Gasteiger partial charge in [-0.3, -0.25) is 4.84 Å². The van der Waals surface area contributed by atoms with Gasteiger partial charge in [-0.05, 0) is 36.2 Å². The van der Waals surface area contributed by atoms with Crippen LogP contribution in [-0.4, -0.2) is 39.6 Å². The SMILES string of the molecule is CCC(CNC(=O)Nc1ccc(S(=O)(=O)N(C)OC)cc1)c1ccccc1. The summed E-state index contributed by atoms with van der Waals surface area (Å²) in [5.74, 6) is 0.231. The van der Waals surface area contributed by atoms with E-state index in [-0.39, 0.29) is 16.8 Å². The van der Waals surface area contributed by atoms with Crippen LogP contribution in [0.5, 0.6) is 0 Å². The summed E-state index contributed by atoms with van der Waals surface area (Å²) < 4.78 is 25.1. The number of amides is 2. The van der Waals surface area contributed by atoms with Crippen LogP contribution in [0.25, 0.3) is 0 Å². The minimum atomic E-state index is -3.71. The zero-order valence-corrected chi connectivity index (χ0v) is 16.5. The molecule has 7 nitrogen and oxygen atoms in total. The maximum atomic E-state index is 12.1. The van der Waals surface area contributed by atoms with Gasteiger partial charge in [0.2, 0.25) is 0 Å². The highest BCUT2D eigenvalue weighted by Crippen LogP contribution is 2.19. The highest BCUT2D eigenvalue weighted by Gasteiger charge is 2.20. The van der Waals surface area contributed by atoms with E-state index in [0.717, 1.165) is 10.9 Å². The fourth-order valence-corrected chi connectivity index (χ4v) is 3.54. The molecule has 0 fully saturated rings. The second kappa shape index (κ2) is 9.50. The predicted molar refractivity (Wildman–Crippen MR) is 105 cm³/mol. The summed E-state index contributed by atoms with van der Waals surface area (Å²) in [7, 11) is -1.12. The highest BCUT2D eigenvalue weighted by atomic mass is 32.2. The average Bonchev–Trinajstić information content (AvgIpc) is 2.69. The van der Waals surface area contributed by atoms with Gasteiger partial charge >= 0.3 is 6.03 Å². The Morgan fingerprint density at radius 2 is 1.74 bits per heavy atom. The molecule has 0 aliphatic heterocycles. The van der Waals surface area contributed by atoms with E-state index in [2.05, 4.69) is 17.6 Å². The second-order valence-electron chi connectivity index (χ2n) is 5.97. The van der Waals surface area contributed by atoms with E-state index in [1.54, 1.807) is 0 Å². The van der Waals surface area contributed by atoms with Gasteiger partial charge in [-0.25, -0.2) is 13.2 Å². The summed E-state index contributed by atoms with van der Waals surface area (Å²) in [6.07, 6.45) is 0.907. The van der Waals surface area contributed by atoms with E-state index in [9.17, 15) is 13.2 Å². The number of hydrogen-bond acceptors (Lipinski definition) is 4. The number of hydroxylamine groups is 1. The summed E-state index contributed by atoms with van der Waals surface area (Å²) in [6, 6.07) is 15.6. The number of benzene rings is 2. The molecule has 0 aliphatic carbocycles. The van der Waals surface area contributed by atoms with Crippen molar-refractivity contribution in [3.63, 3.8) is 0 Å². The zero-order valence-electron chi connectivity index (χ0n) is 15.7. The molecule has 2 N–H and O–H groups in total. The third-order valence-corrected chi connectivity index (χ3v) is 5.97. The molecule has 2 rings (SSSR count). The predicted octanol–water partition coefficient (Wildman–Crippen LogP) is 3.18. The Morgan fingerprint density at radius 1 is 1.11 bits per heavy atom. The van der Waals surface area contributed by atoms with E-state index in [4.69, 9.17) is 4.84 Å². The number of nitrogens with one attached hydrogen (secondary N) is 2. The van der Waals surface area contributed by atoms with Crippen LogP contribution >= 0.6 is 0 Å². The van der Waals surface area contributed by atoms with Crippen LogP contribution in [0.3, 0.4) is 0 Å². The molecule has 146 valence electrons. The lowest BCUT2D eigenvalue weighted by Gasteiger charge is -2.17. The number of carbonyl (C=O) groups excluding carboxylic acids is 1. The summed E-state index contributed by atoms with van der Waals surface area (Å²) in [5, 5.41) is 5.56. The first-order valence-corrected chi connectivity index (χ1v) is 10.1. The molecule has 0 saturated heterocycles. The van der Waals surface area contributed by atoms with Crippen molar-refractivity contribution in [1.29, 1.82) is 0 Å². The van der Waals surface area contributed by atoms with E-state index in [0.29, 0.717) is 12.2 Å². The van der Waals surface area contributed by atoms with Crippen LogP contribution in [0, 0.1) is 0 Å². The smallest absolute Gasteiger partial charge is 0.319 e. The van der Waals surface area contributed by atoms with Crippen LogP contribution in [0.2, 0.25) is 0 Å². The minimum absolute atomic E-state index is 0.0768. The van der Waals surface area contributed by atoms with Crippen molar-refractivity contribution in [2.75, 3.05) is 26.0 Å². The van der Waals surface area contributed by atoms with Crippen molar-refractivity contribution in [1.82, 2.24) is 9.79 Å². The van der Waals surface area contributed by atoms with Gasteiger partial charge < -0.3 is 10.6 Å². The van der Waals surface area contributed by atoms with Gasteiger partial charge in [0.15, 0.2) is 0 Å². The van der Waals surface area contributed by atoms with Gasteiger partial charge in [0.05, 0.1) is 12.0 Å².